The van der Waals surface area contributed by atoms with E-state index < -0.39 is 11.7 Å². The summed E-state index contributed by atoms with van der Waals surface area (Å²) in [6.45, 7) is 2.63. The lowest BCUT2D eigenvalue weighted by atomic mass is 10.2. The summed E-state index contributed by atoms with van der Waals surface area (Å²) < 4.78 is 49.6. The first kappa shape index (κ1) is 15.9. The molecule has 2 aromatic heterocycles. The SMILES string of the molecule is FC(F)(F)c1ccc2oc(-c3ccncc3N3CCOCC3)nc2c1. The summed E-state index contributed by atoms with van der Waals surface area (Å²) in [7, 11) is 0. The molecule has 1 aliphatic rings. The highest BCUT2D eigenvalue weighted by atomic mass is 19.4. The predicted molar refractivity (Wildman–Crippen MR) is 85.3 cm³/mol. The maximum Gasteiger partial charge on any atom is 0.416 e. The summed E-state index contributed by atoms with van der Waals surface area (Å²) in [5.41, 5.74) is 1.26. The minimum Gasteiger partial charge on any atom is -0.436 e. The highest BCUT2D eigenvalue weighted by Crippen LogP contribution is 2.35. The van der Waals surface area contributed by atoms with Gasteiger partial charge in [0.2, 0.25) is 5.89 Å². The van der Waals surface area contributed by atoms with Crippen LogP contribution in [0.2, 0.25) is 0 Å². The van der Waals surface area contributed by atoms with Crippen LogP contribution < -0.4 is 4.90 Å². The third kappa shape index (κ3) is 3.05. The van der Waals surface area contributed by atoms with Crippen molar-refractivity contribution in [2.24, 2.45) is 0 Å². The molecule has 3 heterocycles. The standard InChI is InChI=1S/C17H14F3N3O2/c18-17(19,20)11-1-2-15-13(9-11)22-16(25-15)12-3-4-21-10-14(12)23-5-7-24-8-6-23/h1-4,9-10H,5-8H2. The van der Waals surface area contributed by atoms with E-state index in [1.165, 1.54) is 6.07 Å². The van der Waals surface area contributed by atoms with Gasteiger partial charge < -0.3 is 14.1 Å². The molecule has 0 bridgehead atoms. The second kappa shape index (κ2) is 6.03. The lowest BCUT2D eigenvalue weighted by molar-refractivity contribution is -0.137. The first-order valence-electron chi connectivity index (χ1n) is 7.77. The molecular formula is C17H14F3N3O2. The Bertz CT molecular complexity index is 902. The molecule has 25 heavy (non-hydrogen) atoms. The molecule has 0 amide bonds. The maximum absolute atomic E-state index is 12.9. The number of benzene rings is 1. The second-order valence-electron chi connectivity index (χ2n) is 5.69. The number of rotatable bonds is 2. The van der Waals surface area contributed by atoms with E-state index in [0.29, 0.717) is 37.4 Å². The van der Waals surface area contributed by atoms with E-state index in [2.05, 4.69) is 14.9 Å². The average Bonchev–Trinajstić information content (AvgIpc) is 3.05. The fourth-order valence-electron chi connectivity index (χ4n) is 2.84. The number of oxazole rings is 1. The number of halogens is 3. The Morgan fingerprint density at radius 2 is 1.88 bits per heavy atom. The van der Waals surface area contributed by atoms with E-state index >= 15 is 0 Å². The van der Waals surface area contributed by atoms with Crippen LogP contribution in [0.4, 0.5) is 18.9 Å². The van der Waals surface area contributed by atoms with Gasteiger partial charge in [0.25, 0.3) is 0 Å². The third-order valence-corrected chi connectivity index (χ3v) is 4.10. The van der Waals surface area contributed by atoms with Crippen molar-refractivity contribution in [2.75, 3.05) is 31.2 Å². The first-order chi connectivity index (χ1) is 12.0. The lowest BCUT2D eigenvalue weighted by Crippen LogP contribution is -2.36. The van der Waals surface area contributed by atoms with Crippen molar-refractivity contribution < 1.29 is 22.3 Å². The van der Waals surface area contributed by atoms with Crippen LogP contribution in [-0.4, -0.2) is 36.3 Å². The van der Waals surface area contributed by atoms with Crippen LogP contribution in [0.25, 0.3) is 22.6 Å². The van der Waals surface area contributed by atoms with E-state index in [9.17, 15) is 13.2 Å². The van der Waals surface area contributed by atoms with Crippen molar-refractivity contribution >= 4 is 16.8 Å². The van der Waals surface area contributed by atoms with E-state index in [1.807, 2.05) is 0 Å². The van der Waals surface area contributed by atoms with E-state index in [-0.39, 0.29) is 11.4 Å². The molecule has 4 rings (SSSR count). The van der Waals surface area contributed by atoms with Gasteiger partial charge in [-0.2, -0.15) is 13.2 Å². The predicted octanol–water partition coefficient (Wildman–Crippen LogP) is 3.75. The molecule has 5 nitrogen and oxygen atoms in total. The van der Waals surface area contributed by atoms with Crippen molar-refractivity contribution in [3.63, 3.8) is 0 Å². The number of hydrogen-bond donors (Lipinski definition) is 0. The number of hydrogen-bond acceptors (Lipinski definition) is 5. The van der Waals surface area contributed by atoms with Gasteiger partial charge in [0.05, 0.1) is 36.2 Å². The van der Waals surface area contributed by atoms with Gasteiger partial charge in [-0.25, -0.2) is 4.98 Å². The van der Waals surface area contributed by atoms with Gasteiger partial charge in [-0.05, 0) is 24.3 Å². The zero-order valence-electron chi connectivity index (χ0n) is 13.1. The molecule has 0 unspecified atom stereocenters. The Kier molecular flexibility index (Phi) is 3.84. The highest BCUT2D eigenvalue weighted by Gasteiger charge is 2.31. The summed E-state index contributed by atoms with van der Waals surface area (Å²) in [5, 5.41) is 0. The van der Waals surface area contributed by atoms with Crippen molar-refractivity contribution in [1.82, 2.24) is 9.97 Å². The zero-order chi connectivity index (χ0) is 17.4. The van der Waals surface area contributed by atoms with Gasteiger partial charge in [0.15, 0.2) is 5.58 Å². The monoisotopic (exact) mass is 349 g/mol. The van der Waals surface area contributed by atoms with Crippen LogP contribution in [0.5, 0.6) is 0 Å². The van der Waals surface area contributed by atoms with Gasteiger partial charge in [-0.15, -0.1) is 0 Å². The fourth-order valence-corrected chi connectivity index (χ4v) is 2.84. The Labute approximate surface area is 141 Å². The fraction of sp³-hybridized carbons (Fsp3) is 0.294. The van der Waals surface area contributed by atoms with Crippen molar-refractivity contribution in [1.29, 1.82) is 0 Å². The Morgan fingerprint density at radius 1 is 1.08 bits per heavy atom. The van der Waals surface area contributed by atoms with Crippen molar-refractivity contribution in [2.45, 2.75) is 6.18 Å². The van der Waals surface area contributed by atoms with Crippen molar-refractivity contribution in [3.8, 4) is 11.5 Å². The Hall–Kier alpha value is -2.61. The number of nitrogens with zero attached hydrogens (tertiary/aromatic N) is 3. The van der Waals surface area contributed by atoms with Gasteiger partial charge in [0, 0.05) is 19.3 Å². The maximum atomic E-state index is 12.9. The normalized spacial score (nSPS) is 15.7. The summed E-state index contributed by atoms with van der Waals surface area (Å²) in [4.78, 5) is 10.5. The number of alkyl halides is 3. The molecule has 0 saturated carbocycles. The van der Waals surface area contributed by atoms with Crippen LogP contribution >= 0.6 is 0 Å². The molecule has 1 saturated heterocycles. The second-order valence-corrected chi connectivity index (χ2v) is 5.69. The summed E-state index contributed by atoms with van der Waals surface area (Å²) in [6.07, 6.45) is -1.10. The number of fused-ring (bicyclic) bond motifs is 1. The number of anilines is 1. The van der Waals surface area contributed by atoms with Crippen molar-refractivity contribution in [3.05, 3.63) is 42.2 Å². The van der Waals surface area contributed by atoms with Crippen LogP contribution in [0, 0.1) is 0 Å². The smallest absolute Gasteiger partial charge is 0.416 e. The summed E-state index contributed by atoms with van der Waals surface area (Å²) in [5.74, 6) is 0.276. The topological polar surface area (TPSA) is 51.4 Å². The molecule has 0 aliphatic carbocycles. The number of morpholine rings is 1. The van der Waals surface area contributed by atoms with Crippen LogP contribution in [0.1, 0.15) is 5.56 Å². The molecule has 3 aromatic rings. The van der Waals surface area contributed by atoms with Gasteiger partial charge in [-0.3, -0.25) is 4.98 Å². The Balaban J connectivity index is 1.77. The third-order valence-electron chi connectivity index (χ3n) is 4.10. The molecule has 0 atom stereocenters. The van der Waals surface area contributed by atoms with Gasteiger partial charge >= 0.3 is 6.18 Å². The number of aromatic nitrogens is 2. The van der Waals surface area contributed by atoms with E-state index in [1.54, 1.807) is 18.5 Å². The highest BCUT2D eigenvalue weighted by molar-refractivity contribution is 5.80. The van der Waals surface area contributed by atoms with Crippen LogP contribution in [0.3, 0.4) is 0 Å². The molecule has 1 aromatic carbocycles. The van der Waals surface area contributed by atoms with E-state index in [4.69, 9.17) is 9.15 Å². The Morgan fingerprint density at radius 3 is 2.64 bits per heavy atom. The largest absolute Gasteiger partial charge is 0.436 e. The summed E-state index contributed by atoms with van der Waals surface area (Å²) in [6, 6.07) is 5.04. The van der Waals surface area contributed by atoms with Crippen LogP contribution in [0.15, 0.2) is 41.1 Å². The molecular weight excluding hydrogens is 335 g/mol. The molecule has 0 radical (unpaired) electrons. The minimum absolute atomic E-state index is 0.176. The molecule has 8 heteroatoms. The lowest BCUT2D eigenvalue weighted by Gasteiger charge is -2.29. The molecule has 1 aliphatic heterocycles. The molecule has 130 valence electrons. The molecule has 1 fully saturated rings. The molecule has 0 N–H and O–H groups in total. The quantitative estimate of drug-likeness (QED) is 0.705. The molecule has 0 spiro atoms. The van der Waals surface area contributed by atoms with E-state index in [0.717, 1.165) is 17.8 Å². The first-order valence-corrected chi connectivity index (χ1v) is 7.77. The average molecular weight is 349 g/mol. The number of pyridine rings is 1. The number of ether oxygens (including phenoxy) is 1. The zero-order valence-corrected chi connectivity index (χ0v) is 13.1. The summed E-state index contributed by atoms with van der Waals surface area (Å²) >= 11 is 0. The van der Waals surface area contributed by atoms with Gasteiger partial charge in [-0.1, -0.05) is 0 Å². The minimum atomic E-state index is -4.41. The van der Waals surface area contributed by atoms with Gasteiger partial charge in [0.1, 0.15) is 5.52 Å². The van der Waals surface area contributed by atoms with Crippen LogP contribution in [-0.2, 0) is 10.9 Å².